The highest BCUT2D eigenvalue weighted by Gasteiger charge is 2.39. The number of thioether (sulfide) groups is 1. The van der Waals surface area contributed by atoms with Gasteiger partial charge in [-0.25, -0.2) is 0 Å². The molecular formula is C9H17NO2S. The van der Waals surface area contributed by atoms with Crippen LogP contribution < -0.4 is 5.73 Å². The number of carbonyl (C=O) groups excluding carboxylic acids is 1. The predicted octanol–water partition coefficient (Wildman–Crippen LogP) is 1.16. The lowest BCUT2D eigenvalue weighted by Gasteiger charge is -2.34. The SMILES string of the molecule is COC(=O)C1(N)CCCC(SC)C1. The number of carbonyl (C=O) groups is 1. The third-order valence-corrected chi connectivity index (χ3v) is 3.74. The monoisotopic (exact) mass is 203 g/mol. The van der Waals surface area contributed by atoms with Crippen LogP contribution in [-0.2, 0) is 9.53 Å². The Bertz CT molecular complexity index is 198. The molecule has 0 aromatic heterocycles. The van der Waals surface area contributed by atoms with Crippen LogP contribution in [0.3, 0.4) is 0 Å². The number of esters is 1. The summed E-state index contributed by atoms with van der Waals surface area (Å²) in [6.07, 6.45) is 5.76. The van der Waals surface area contributed by atoms with E-state index >= 15 is 0 Å². The highest BCUT2D eigenvalue weighted by Crippen LogP contribution is 2.33. The fourth-order valence-electron chi connectivity index (χ4n) is 1.85. The summed E-state index contributed by atoms with van der Waals surface area (Å²) in [4.78, 5) is 11.4. The molecule has 0 spiro atoms. The second-order valence-electron chi connectivity index (χ2n) is 3.60. The number of hydrogen-bond acceptors (Lipinski definition) is 4. The van der Waals surface area contributed by atoms with E-state index in [0.717, 1.165) is 25.7 Å². The molecule has 2 atom stereocenters. The van der Waals surface area contributed by atoms with Gasteiger partial charge in [-0.15, -0.1) is 0 Å². The molecule has 13 heavy (non-hydrogen) atoms. The van der Waals surface area contributed by atoms with Gasteiger partial charge >= 0.3 is 5.97 Å². The minimum absolute atomic E-state index is 0.258. The highest BCUT2D eigenvalue weighted by atomic mass is 32.2. The molecule has 4 heteroatoms. The van der Waals surface area contributed by atoms with Crippen molar-refractivity contribution in [3.05, 3.63) is 0 Å². The molecule has 76 valence electrons. The summed E-state index contributed by atoms with van der Waals surface area (Å²) in [5.41, 5.74) is 5.27. The van der Waals surface area contributed by atoms with Gasteiger partial charge in [-0.05, 0) is 31.9 Å². The van der Waals surface area contributed by atoms with Gasteiger partial charge in [0.2, 0.25) is 0 Å². The first-order valence-electron chi connectivity index (χ1n) is 4.52. The number of ether oxygens (including phenoxy) is 1. The topological polar surface area (TPSA) is 52.3 Å². The minimum atomic E-state index is -0.722. The third kappa shape index (κ3) is 2.38. The van der Waals surface area contributed by atoms with Gasteiger partial charge < -0.3 is 10.5 Å². The second-order valence-corrected chi connectivity index (χ2v) is 4.74. The summed E-state index contributed by atoms with van der Waals surface area (Å²) in [5, 5.41) is 0.512. The average molecular weight is 203 g/mol. The molecule has 1 rings (SSSR count). The minimum Gasteiger partial charge on any atom is -0.468 e. The first-order valence-corrected chi connectivity index (χ1v) is 5.81. The highest BCUT2D eigenvalue weighted by molar-refractivity contribution is 7.99. The summed E-state index contributed by atoms with van der Waals surface area (Å²) in [5.74, 6) is -0.258. The molecule has 1 saturated carbocycles. The smallest absolute Gasteiger partial charge is 0.325 e. The molecule has 2 unspecified atom stereocenters. The Kier molecular flexibility index (Phi) is 3.62. The van der Waals surface area contributed by atoms with Gasteiger partial charge in [0, 0.05) is 5.25 Å². The summed E-state index contributed by atoms with van der Waals surface area (Å²) in [6.45, 7) is 0. The molecule has 0 aromatic rings. The molecule has 0 aliphatic heterocycles. The van der Waals surface area contributed by atoms with Crippen molar-refractivity contribution >= 4 is 17.7 Å². The fraction of sp³-hybridized carbons (Fsp3) is 0.889. The lowest BCUT2D eigenvalue weighted by molar-refractivity contribution is -0.148. The van der Waals surface area contributed by atoms with E-state index in [1.807, 2.05) is 0 Å². The summed E-state index contributed by atoms with van der Waals surface area (Å²) in [6, 6.07) is 0. The molecule has 0 radical (unpaired) electrons. The zero-order valence-corrected chi connectivity index (χ0v) is 9.02. The fourth-order valence-corrected chi connectivity index (χ4v) is 2.71. The zero-order chi connectivity index (χ0) is 9.90. The Labute approximate surface area is 83.4 Å². The Morgan fingerprint density at radius 3 is 2.92 bits per heavy atom. The van der Waals surface area contributed by atoms with E-state index in [1.54, 1.807) is 11.8 Å². The molecular weight excluding hydrogens is 186 g/mol. The largest absolute Gasteiger partial charge is 0.468 e. The summed E-state index contributed by atoms with van der Waals surface area (Å²) < 4.78 is 4.71. The van der Waals surface area contributed by atoms with Crippen LogP contribution in [-0.4, -0.2) is 30.1 Å². The number of rotatable bonds is 2. The molecule has 0 saturated heterocycles. The van der Waals surface area contributed by atoms with Crippen molar-refractivity contribution in [3.63, 3.8) is 0 Å². The van der Waals surface area contributed by atoms with Crippen LogP contribution in [0.2, 0.25) is 0 Å². The maximum atomic E-state index is 11.4. The molecule has 0 amide bonds. The summed E-state index contributed by atoms with van der Waals surface area (Å²) >= 11 is 1.79. The standard InChI is InChI=1S/C9H17NO2S/c1-12-8(11)9(10)5-3-4-7(6-9)13-2/h7H,3-6,10H2,1-2H3. The summed E-state index contributed by atoms with van der Waals surface area (Å²) in [7, 11) is 1.40. The van der Waals surface area contributed by atoms with Crippen LogP contribution >= 0.6 is 11.8 Å². The van der Waals surface area contributed by atoms with Gasteiger partial charge in [-0.1, -0.05) is 0 Å². The van der Waals surface area contributed by atoms with Crippen LogP contribution in [0.15, 0.2) is 0 Å². The Morgan fingerprint density at radius 1 is 1.69 bits per heavy atom. The number of nitrogens with two attached hydrogens (primary N) is 1. The van der Waals surface area contributed by atoms with Crippen molar-refractivity contribution in [1.29, 1.82) is 0 Å². The van der Waals surface area contributed by atoms with Gasteiger partial charge in [0.25, 0.3) is 0 Å². The molecule has 0 bridgehead atoms. The number of hydrogen-bond donors (Lipinski definition) is 1. The van der Waals surface area contributed by atoms with Crippen molar-refractivity contribution in [3.8, 4) is 0 Å². The molecule has 3 nitrogen and oxygen atoms in total. The van der Waals surface area contributed by atoms with Crippen molar-refractivity contribution in [2.24, 2.45) is 5.73 Å². The quantitative estimate of drug-likeness (QED) is 0.684. The second kappa shape index (κ2) is 4.33. The van der Waals surface area contributed by atoms with Crippen LogP contribution in [0.1, 0.15) is 25.7 Å². The normalized spacial score (nSPS) is 34.2. The first kappa shape index (κ1) is 10.9. The van der Waals surface area contributed by atoms with Crippen LogP contribution in [0, 0.1) is 0 Å². The maximum Gasteiger partial charge on any atom is 0.325 e. The van der Waals surface area contributed by atoms with Crippen LogP contribution in [0.5, 0.6) is 0 Å². The van der Waals surface area contributed by atoms with Crippen molar-refractivity contribution in [1.82, 2.24) is 0 Å². The molecule has 0 aromatic carbocycles. The van der Waals surface area contributed by atoms with Gasteiger partial charge in [-0.3, -0.25) is 4.79 Å². The zero-order valence-electron chi connectivity index (χ0n) is 8.21. The molecule has 1 aliphatic carbocycles. The lowest BCUT2D eigenvalue weighted by Crippen LogP contribution is -2.52. The Morgan fingerprint density at radius 2 is 2.38 bits per heavy atom. The van der Waals surface area contributed by atoms with E-state index in [4.69, 9.17) is 10.5 Å². The average Bonchev–Trinajstić information content (AvgIpc) is 2.16. The predicted molar refractivity (Wildman–Crippen MR) is 54.7 cm³/mol. The molecule has 1 aliphatic rings. The number of methoxy groups -OCH3 is 1. The maximum absolute atomic E-state index is 11.4. The van der Waals surface area contributed by atoms with E-state index in [0.29, 0.717) is 5.25 Å². The first-order chi connectivity index (χ1) is 6.12. The van der Waals surface area contributed by atoms with E-state index in [-0.39, 0.29) is 5.97 Å². The Balaban J connectivity index is 2.62. The van der Waals surface area contributed by atoms with Crippen molar-refractivity contribution in [2.75, 3.05) is 13.4 Å². The van der Waals surface area contributed by atoms with Gasteiger partial charge in [-0.2, -0.15) is 11.8 Å². The molecule has 1 fully saturated rings. The van der Waals surface area contributed by atoms with Crippen molar-refractivity contribution < 1.29 is 9.53 Å². The third-order valence-electron chi connectivity index (χ3n) is 2.67. The lowest BCUT2D eigenvalue weighted by atomic mass is 9.82. The van der Waals surface area contributed by atoms with Gasteiger partial charge in [0.15, 0.2) is 0 Å². The van der Waals surface area contributed by atoms with E-state index in [1.165, 1.54) is 7.11 Å². The Hall–Kier alpha value is -0.220. The molecule has 0 heterocycles. The van der Waals surface area contributed by atoms with Crippen molar-refractivity contribution in [2.45, 2.75) is 36.5 Å². The van der Waals surface area contributed by atoms with E-state index in [9.17, 15) is 4.79 Å². The van der Waals surface area contributed by atoms with Crippen LogP contribution in [0.25, 0.3) is 0 Å². The van der Waals surface area contributed by atoms with Gasteiger partial charge in [0.1, 0.15) is 5.54 Å². The van der Waals surface area contributed by atoms with Gasteiger partial charge in [0.05, 0.1) is 7.11 Å². The molecule has 2 N–H and O–H groups in total. The van der Waals surface area contributed by atoms with E-state index < -0.39 is 5.54 Å². The van der Waals surface area contributed by atoms with Crippen LogP contribution in [0.4, 0.5) is 0 Å². The van der Waals surface area contributed by atoms with E-state index in [2.05, 4.69) is 6.26 Å².